The highest BCUT2D eigenvalue weighted by Crippen LogP contribution is 2.40. The third-order valence-electron chi connectivity index (χ3n) is 3.86. The Hall–Kier alpha value is -0.460. The van der Waals surface area contributed by atoms with E-state index in [4.69, 9.17) is 0 Å². The topological polar surface area (TPSA) is 3.24 Å². The summed E-state index contributed by atoms with van der Waals surface area (Å²) in [4.78, 5) is 2.62. The van der Waals surface area contributed by atoms with E-state index in [0.717, 1.165) is 12.5 Å². The van der Waals surface area contributed by atoms with E-state index >= 15 is 0 Å². The minimum Gasteiger partial charge on any atom is -0.370 e. The summed E-state index contributed by atoms with van der Waals surface area (Å²) >= 11 is 0. The van der Waals surface area contributed by atoms with Gasteiger partial charge in [-0.3, -0.25) is 0 Å². The maximum atomic E-state index is 2.62. The van der Waals surface area contributed by atoms with Gasteiger partial charge in [-0.2, -0.15) is 0 Å². The van der Waals surface area contributed by atoms with Crippen molar-refractivity contribution >= 4 is 0 Å². The quantitative estimate of drug-likeness (QED) is 0.673. The second-order valence-electron chi connectivity index (χ2n) is 5.34. The molecule has 0 N–H and O–H groups in total. The Morgan fingerprint density at radius 1 is 1.20 bits per heavy atom. The third kappa shape index (κ3) is 2.21. The van der Waals surface area contributed by atoms with Crippen molar-refractivity contribution in [1.29, 1.82) is 0 Å². The summed E-state index contributed by atoms with van der Waals surface area (Å²) < 4.78 is 0. The zero-order valence-electron chi connectivity index (χ0n) is 11.4. The standard InChI is InChI=1S/C14H27N/c1-7-12-11(4)10-14(5,6)15(9-3)13(12)8-2/h11H,7-10H2,1-6H3. The largest absolute Gasteiger partial charge is 0.370 e. The molecule has 15 heavy (non-hydrogen) atoms. The van der Waals surface area contributed by atoms with Gasteiger partial charge in [0.1, 0.15) is 0 Å². The average molecular weight is 209 g/mol. The van der Waals surface area contributed by atoms with Gasteiger partial charge in [-0.25, -0.2) is 0 Å². The summed E-state index contributed by atoms with van der Waals surface area (Å²) in [5, 5.41) is 0. The van der Waals surface area contributed by atoms with Crippen molar-refractivity contribution in [2.45, 2.75) is 66.3 Å². The lowest BCUT2D eigenvalue weighted by molar-refractivity contribution is 0.119. The van der Waals surface area contributed by atoms with Crippen LogP contribution in [0.2, 0.25) is 0 Å². The van der Waals surface area contributed by atoms with E-state index in [1.165, 1.54) is 19.3 Å². The second kappa shape index (κ2) is 4.59. The molecule has 0 bridgehead atoms. The van der Waals surface area contributed by atoms with Gasteiger partial charge in [0.05, 0.1) is 0 Å². The molecular weight excluding hydrogens is 182 g/mol. The highest BCUT2D eigenvalue weighted by atomic mass is 15.2. The first-order chi connectivity index (χ1) is 6.97. The Kier molecular flexibility index (Phi) is 3.86. The number of hydrogen-bond acceptors (Lipinski definition) is 1. The van der Waals surface area contributed by atoms with Gasteiger partial charge in [-0.1, -0.05) is 20.8 Å². The number of hydrogen-bond donors (Lipinski definition) is 0. The molecule has 0 amide bonds. The van der Waals surface area contributed by atoms with E-state index in [9.17, 15) is 0 Å². The minimum atomic E-state index is 0.345. The fourth-order valence-corrected chi connectivity index (χ4v) is 3.40. The van der Waals surface area contributed by atoms with E-state index in [2.05, 4.69) is 46.4 Å². The van der Waals surface area contributed by atoms with E-state index in [1.54, 1.807) is 11.3 Å². The summed E-state index contributed by atoms with van der Waals surface area (Å²) in [6.07, 6.45) is 3.70. The van der Waals surface area contributed by atoms with Gasteiger partial charge in [0, 0.05) is 17.8 Å². The van der Waals surface area contributed by atoms with E-state index in [-0.39, 0.29) is 0 Å². The molecule has 1 aliphatic heterocycles. The van der Waals surface area contributed by atoms with Crippen molar-refractivity contribution < 1.29 is 0 Å². The Labute approximate surface area is 95.5 Å². The molecule has 0 saturated carbocycles. The van der Waals surface area contributed by atoms with Gasteiger partial charge in [0.2, 0.25) is 0 Å². The maximum Gasteiger partial charge on any atom is 0.0348 e. The molecule has 1 heteroatoms. The van der Waals surface area contributed by atoms with Gasteiger partial charge in [0.25, 0.3) is 0 Å². The predicted octanol–water partition coefficient (Wildman–Crippen LogP) is 4.20. The van der Waals surface area contributed by atoms with Gasteiger partial charge in [-0.15, -0.1) is 0 Å². The first-order valence-corrected chi connectivity index (χ1v) is 6.47. The molecule has 1 atom stereocenters. The highest BCUT2D eigenvalue weighted by molar-refractivity contribution is 5.22. The SMILES string of the molecule is CCC1=C(CC)N(CC)C(C)(C)CC1C. The minimum absolute atomic E-state index is 0.345. The molecule has 0 aromatic heterocycles. The van der Waals surface area contributed by atoms with Crippen LogP contribution in [0.4, 0.5) is 0 Å². The smallest absolute Gasteiger partial charge is 0.0348 e. The molecule has 1 heterocycles. The van der Waals surface area contributed by atoms with Crippen LogP contribution in [-0.2, 0) is 0 Å². The van der Waals surface area contributed by atoms with Gasteiger partial charge < -0.3 is 4.90 Å². The maximum absolute atomic E-state index is 2.62. The Morgan fingerprint density at radius 2 is 1.80 bits per heavy atom. The lowest BCUT2D eigenvalue weighted by atomic mass is 9.78. The molecule has 0 fully saturated rings. The van der Waals surface area contributed by atoms with Crippen LogP contribution in [0.25, 0.3) is 0 Å². The molecule has 0 spiro atoms. The molecule has 0 aliphatic carbocycles. The van der Waals surface area contributed by atoms with Crippen molar-refractivity contribution in [3.05, 3.63) is 11.3 Å². The van der Waals surface area contributed by atoms with E-state index in [1.807, 2.05) is 0 Å². The molecular formula is C14H27N. The molecule has 1 unspecified atom stereocenters. The number of rotatable bonds is 3. The molecule has 0 aromatic carbocycles. The lowest BCUT2D eigenvalue weighted by Gasteiger charge is -2.48. The second-order valence-corrected chi connectivity index (χ2v) is 5.34. The molecule has 88 valence electrons. The van der Waals surface area contributed by atoms with Gasteiger partial charge in [-0.05, 0) is 51.5 Å². The fourth-order valence-electron chi connectivity index (χ4n) is 3.40. The fraction of sp³-hybridized carbons (Fsp3) is 0.857. The van der Waals surface area contributed by atoms with Crippen LogP contribution in [0.15, 0.2) is 11.3 Å². The molecule has 0 saturated heterocycles. The molecule has 0 aromatic rings. The summed E-state index contributed by atoms with van der Waals surface area (Å²) in [5.41, 5.74) is 3.65. The van der Waals surface area contributed by atoms with E-state index in [0.29, 0.717) is 5.54 Å². The predicted molar refractivity (Wildman–Crippen MR) is 67.8 cm³/mol. The Morgan fingerprint density at radius 3 is 2.20 bits per heavy atom. The normalized spacial score (nSPS) is 26.0. The first-order valence-electron chi connectivity index (χ1n) is 6.47. The van der Waals surface area contributed by atoms with Crippen molar-refractivity contribution in [2.24, 2.45) is 5.92 Å². The molecule has 1 aliphatic rings. The van der Waals surface area contributed by atoms with Crippen LogP contribution in [0.1, 0.15) is 60.8 Å². The summed E-state index contributed by atoms with van der Waals surface area (Å²) in [6.45, 7) is 15.2. The van der Waals surface area contributed by atoms with Crippen LogP contribution in [0.5, 0.6) is 0 Å². The third-order valence-corrected chi connectivity index (χ3v) is 3.86. The summed E-state index contributed by atoms with van der Waals surface area (Å²) in [5.74, 6) is 0.766. The van der Waals surface area contributed by atoms with E-state index < -0.39 is 0 Å². The van der Waals surface area contributed by atoms with Gasteiger partial charge in [0.15, 0.2) is 0 Å². The van der Waals surface area contributed by atoms with Crippen LogP contribution < -0.4 is 0 Å². The molecule has 1 rings (SSSR count). The number of allylic oxidation sites excluding steroid dienone is 2. The van der Waals surface area contributed by atoms with Crippen LogP contribution >= 0.6 is 0 Å². The Balaban J connectivity index is 3.14. The van der Waals surface area contributed by atoms with Crippen molar-refractivity contribution in [3.8, 4) is 0 Å². The van der Waals surface area contributed by atoms with Crippen LogP contribution in [0.3, 0.4) is 0 Å². The average Bonchev–Trinajstić information content (AvgIpc) is 2.15. The monoisotopic (exact) mass is 209 g/mol. The highest BCUT2D eigenvalue weighted by Gasteiger charge is 2.35. The summed E-state index contributed by atoms with van der Waals surface area (Å²) in [6, 6.07) is 0. The molecule has 1 nitrogen and oxygen atoms in total. The molecule has 0 radical (unpaired) electrons. The van der Waals surface area contributed by atoms with Crippen molar-refractivity contribution in [2.75, 3.05) is 6.54 Å². The van der Waals surface area contributed by atoms with Gasteiger partial charge >= 0.3 is 0 Å². The first kappa shape index (κ1) is 12.6. The van der Waals surface area contributed by atoms with Crippen LogP contribution in [0, 0.1) is 5.92 Å². The Bertz CT molecular complexity index is 250. The lowest BCUT2D eigenvalue weighted by Crippen LogP contribution is -2.48. The summed E-state index contributed by atoms with van der Waals surface area (Å²) in [7, 11) is 0. The zero-order chi connectivity index (χ0) is 11.6. The van der Waals surface area contributed by atoms with Crippen molar-refractivity contribution in [1.82, 2.24) is 4.90 Å². The zero-order valence-corrected chi connectivity index (χ0v) is 11.4. The number of nitrogens with zero attached hydrogens (tertiary/aromatic N) is 1. The van der Waals surface area contributed by atoms with Crippen molar-refractivity contribution in [3.63, 3.8) is 0 Å². The van der Waals surface area contributed by atoms with Crippen LogP contribution in [-0.4, -0.2) is 17.0 Å².